The van der Waals surface area contributed by atoms with E-state index in [2.05, 4.69) is 0 Å². The molecule has 3 rings (SSSR count). The molecule has 0 unspecified atom stereocenters. The van der Waals surface area contributed by atoms with Crippen LogP contribution in [-0.4, -0.2) is 53.3 Å². The molecule has 1 aromatic heterocycles. The maximum Gasteiger partial charge on any atom is 0.264 e. The zero-order chi connectivity index (χ0) is 16.4. The Morgan fingerprint density at radius 2 is 1.65 bits per heavy atom. The highest BCUT2D eigenvalue weighted by Crippen LogP contribution is 2.28. The number of piperazine rings is 1. The fourth-order valence-electron chi connectivity index (χ4n) is 3.53. The summed E-state index contributed by atoms with van der Waals surface area (Å²) in [5, 5.41) is 0. The molecule has 2 heterocycles. The van der Waals surface area contributed by atoms with E-state index in [1.807, 2.05) is 28.9 Å². The summed E-state index contributed by atoms with van der Waals surface area (Å²) in [5.41, 5.74) is 5.68. The van der Waals surface area contributed by atoms with Crippen molar-refractivity contribution in [1.82, 2.24) is 9.80 Å². The Labute approximate surface area is 141 Å². The van der Waals surface area contributed by atoms with Gasteiger partial charge < -0.3 is 15.5 Å². The minimum Gasteiger partial charge on any atom is -0.338 e. The van der Waals surface area contributed by atoms with E-state index in [1.54, 1.807) is 0 Å². The molecule has 5 nitrogen and oxygen atoms in total. The summed E-state index contributed by atoms with van der Waals surface area (Å²) in [6, 6.07) is 3.86. The molecule has 6 heteroatoms. The smallest absolute Gasteiger partial charge is 0.264 e. The minimum absolute atomic E-state index is 0.0790. The molecule has 1 aliphatic carbocycles. The van der Waals surface area contributed by atoms with Crippen molar-refractivity contribution < 1.29 is 9.59 Å². The standard InChI is InChI=1S/C17H25N3O2S/c1-13-5-6-14(23-13)15(21)19-9-11-20(12-10-19)16(22)17(18)7-3-2-4-8-17/h5-6H,2-4,7-12,18H2,1H3. The van der Waals surface area contributed by atoms with E-state index >= 15 is 0 Å². The molecular weight excluding hydrogens is 310 g/mol. The van der Waals surface area contributed by atoms with Gasteiger partial charge in [0.05, 0.1) is 10.4 Å². The maximum absolute atomic E-state index is 12.7. The highest BCUT2D eigenvalue weighted by molar-refractivity contribution is 7.13. The van der Waals surface area contributed by atoms with Gasteiger partial charge in [0, 0.05) is 31.1 Å². The van der Waals surface area contributed by atoms with E-state index < -0.39 is 5.54 Å². The lowest BCUT2D eigenvalue weighted by Gasteiger charge is -2.41. The number of nitrogens with two attached hydrogens (primary N) is 1. The van der Waals surface area contributed by atoms with E-state index in [-0.39, 0.29) is 11.8 Å². The van der Waals surface area contributed by atoms with E-state index in [1.165, 1.54) is 17.8 Å². The summed E-state index contributed by atoms with van der Waals surface area (Å²) in [7, 11) is 0. The molecule has 23 heavy (non-hydrogen) atoms. The van der Waals surface area contributed by atoms with E-state index in [0.717, 1.165) is 35.4 Å². The Morgan fingerprint density at radius 3 is 2.22 bits per heavy atom. The number of carbonyl (C=O) groups is 2. The van der Waals surface area contributed by atoms with Crippen LogP contribution in [0.1, 0.15) is 46.7 Å². The number of carbonyl (C=O) groups excluding carboxylic acids is 2. The van der Waals surface area contributed by atoms with Gasteiger partial charge in [0.1, 0.15) is 0 Å². The molecule has 0 aromatic carbocycles. The number of aryl methyl sites for hydroxylation is 1. The number of thiophene rings is 1. The maximum atomic E-state index is 12.7. The van der Waals surface area contributed by atoms with Gasteiger partial charge in [0.15, 0.2) is 0 Å². The molecule has 0 atom stereocenters. The summed E-state index contributed by atoms with van der Waals surface area (Å²) in [5.74, 6) is 0.159. The SMILES string of the molecule is Cc1ccc(C(=O)N2CCN(C(=O)C3(N)CCCCC3)CC2)s1. The topological polar surface area (TPSA) is 66.6 Å². The Kier molecular flexibility index (Phi) is 4.73. The molecule has 1 aromatic rings. The highest BCUT2D eigenvalue weighted by Gasteiger charge is 2.39. The van der Waals surface area contributed by atoms with Crippen LogP contribution in [0.2, 0.25) is 0 Å². The molecule has 0 radical (unpaired) electrons. The van der Waals surface area contributed by atoms with Crippen molar-refractivity contribution in [3.05, 3.63) is 21.9 Å². The lowest BCUT2D eigenvalue weighted by Crippen LogP contribution is -2.60. The van der Waals surface area contributed by atoms with Crippen LogP contribution in [0.5, 0.6) is 0 Å². The van der Waals surface area contributed by atoms with Crippen molar-refractivity contribution >= 4 is 23.2 Å². The predicted octanol–water partition coefficient (Wildman–Crippen LogP) is 2.00. The first-order valence-electron chi connectivity index (χ1n) is 8.44. The van der Waals surface area contributed by atoms with Crippen molar-refractivity contribution in [3.8, 4) is 0 Å². The van der Waals surface area contributed by atoms with E-state index in [9.17, 15) is 9.59 Å². The first-order chi connectivity index (χ1) is 11.0. The third-order valence-corrected chi connectivity index (χ3v) is 5.97. The van der Waals surface area contributed by atoms with Gasteiger partial charge in [0.25, 0.3) is 5.91 Å². The third-order valence-electron chi connectivity index (χ3n) is 4.98. The minimum atomic E-state index is -0.671. The van der Waals surface area contributed by atoms with Gasteiger partial charge in [-0.25, -0.2) is 0 Å². The Balaban J connectivity index is 1.57. The second kappa shape index (κ2) is 6.61. The lowest BCUT2D eigenvalue weighted by molar-refractivity contribution is -0.139. The van der Waals surface area contributed by atoms with Crippen LogP contribution in [0.25, 0.3) is 0 Å². The van der Waals surface area contributed by atoms with Crippen molar-refractivity contribution in [1.29, 1.82) is 0 Å². The second-order valence-electron chi connectivity index (χ2n) is 6.71. The molecule has 1 saturated heterocycles. The molecule has 126 valence electrons. The largest absolute Gasteiger partial charge is 0.338 e. The summed E-state index contributed by atoms with van der Waals surface area (Å²) < 4.78 is 0. The van der Waals surface area contributed by atoms with Crippen molar-refractivity contribution in [2.45, 2.75) is 44.6 Å². The Bertz CT molecular complexity index is 584. The van der Waals surface area contributed by atoms with Crippen molar-refractivity contribution in [2.24, 2.45) is 5.73 Å². The van der Waals surface area contributed by atoms with Gasteiger partial charge in [-0.05, 0) is 31.9 Å². The normalized spacial score (nSPS) is 21.3. The van der Waals surface area contributed by atoms with Gasteiger partial charge in [-0.3, -0.25) is 9.59 Å². The Morgan fingerprint density at radius 1 is 1.04 bits per heavy atom. The van der Waals surface area contributed by atoms with Gasteiger partial charge in [-0.1, -0.05) is 19.3 Å². The molecule has 1 saturated carbocycles. The average Bonchev–Trinajstić information content (AvgIpc) is 3.01. The van der Waals surface area contributed by atoms with E-state index in [4.69, 9.17) is 5.73 Å². The Hall–Kier alpha value is -1.40. The fourth-order valence-corrected chi connectivity index (χ4v) is 4.36. The van der Waals surface area contributed by atoms with Gasteiger partial charge in [-0.2, -0.15) is 0 Å². The summed E-state index contributed by atoms with van der Waals surface area (Å²) in [6.45, 7) is 4.37. The molecular formula is C17H25N3O2S. The molecule has 2 aliphatic rings. The first kappa shape index (κ1) is 16.5. The molecule has 1 aliphatic heterocycles. The molecule has 0 bridgehead atoms. The molecule has 2 fully saturated rings. The number of nitrogens with zero attached hydrogens (tertiary/aromatic N) is 2. The number of amides is 2. The lowest BCUT2D eigenvalue weighted by atomic mass is 9.81. The van der Waals surface area contributed by atoms with Crippen LogP contribution < -0.4 is 5.73 Å². The van der Waals surface area contributed by atoms with Crippen molar-refractivity contribution in [3.63, 3.8) is 0 Å². The molecule has 2 N–H and O–H groups in total. The van der Waals surface area contributed by atoms with Crippen molar-refractivity contribution in [2.75, 3.05) is 26.2 Å². The number of hydrogen-bond acceptors (Lipinski definition) is 4. The van der Waals surface area contributed by atoms with Crippen LogP contribution in [0.15, 0.2) is 12.1 Å². The number of rotatable bonds is 2. The summed E-state index contributed by atoms with van der Waals surface area (Å²) >= 11 is 1.53. The first-order valence-corrected chi connectivity index (χ1v) is 9.25. The zero-order valence-electron chi connectivity index (χ0n) is 13.7. The fraction of sp³-hybridized carbons (Fsp3) is 0.647. The summed E-state index contributed by atoms with van der Waals surface area (Å²) in [4.78, 5) is 30.8. The highest BCUT2D eigenvalue weighted by atomic mass is 32.1. The quantitative estimate of drug-likeness (QED) is 0.899. The van der Waals surface area contributed by atoms with Gasteiger partial charge in [0.2, 0.25) is 5.91 Å². The molecule has 2 amide bonds. The van der Waals surface area contributed by atoms with Crippen LogP contribution in [0, 0.1) is 6.92 Å². The van der Waals surface area contributed by atoms with Crippen LogP contribution in [0.4, 0.5) is 0 Å². The molecule has 0 spiro atoms. The van der Waals surface area contributed by atoms with E-state index in [0.29, 0.717) is 26.2 Å². The van der Waals surface area contributed by atoms with Gasteiger partial charge in [-0.15, -0.1) is 11.3 Å². The average molecular weight is 335 g/mol. The predicted molar refractivity (Wildman–Crippen MR) is 91.5 cm³/mol. The van der Waals surface area contributed by atoms with Crippen LogP contribution >= 0.6 is 11.3 Å². The third kappa shape index (κ3) is 3.43. The summed E-state index contributed by atoms with van der Waals surface area (Å²) in [6.07, 6.45) is 4.84. The monoisotopic (exact) mass is 335 g/mol. The van der Waals surface area contributed by atoms with Crippen LogP contribution in [0.3, 0.4) is 0 Å². The zero-order valence-corrected chi connectivity index (χ0v) is 14.5. The van der Waals surface area contributed by atoms with Gasteiger partial charge >= 0.3 is 0 Å². The van der Waals surface area contributed by atoms with Crippen LogP contribution in [-0.2, 0) is 4.79 Å². The number of hydrogen-bond donors (Lipinski definition) is 1. The second-order valence-corrected chi connectivity index (χ2v) is 8.00.